The molecule has 1 aromatic carbocycles. The van der Waals surface area contributed by atoms with Crippen LogP contribution in [0.4, 0.5) is 5.69 Å². The molecule has 0 bridgehead atoms. The molecular weight excluding hydrogens is 296 g/mol. The first-order valence-electron chi connectivity index (χ1n) is 7.93. The van der Waals surface area contributed by atoms with Crippen LogP contribution in [0.3, 0.4) is 0 Å². The SMILES string of the molecule is O=C(Nc1c(C(=O)N2CCOCC2)oc2ccccc12)C1CC1. The molecule has 2 aliphatic rings. The van der Waals surface area contributed by atoms with Gasteiger partial charge in [-0.2, -0.15) is 0 Å². The lowest BCUT2D eigenvalue weighted by Crippen LogP contribution is -2.40. The molecule has 1 N–H and O–H groups in total. The van der Waals surface area contributed by atoms with Crippen LogP contribution in [0.2, 0.25) is 0 Å². The van der Waals surface area contributed by atoms with Crippen LogP contribution in [0.15, 0.2) is 28.7 Å². The number of para-hydroxylation sites is 1. The number of benzene rings is 1. The second-order valence-corrected chi connectivity index (χ2v) is 5.97. The summed E-state index contributed by atoms with van der Waals surface area (Å²) in [6.07, 6.45) is 1.82. The maximum absolute atomic E-state index is 12.8. The van der Waals surface area contributed by atoms with Crippen molar-refractivity contribution in [1.29, 1.82) is 0 Å². The van der Waals surface area contributed by atoms with Crippen molar-refractivity contribution in [2.24, 2.45) is 5.92 Å². The van der Waals surface area contributed by atoms with Crippen molar-refractivity contribution in [3.63, 3.8) is 0 Å². The summed E-state index contributed by atoms with van der Waals surface area (Å²) in [7, 11) is 0. The Labute approximate surface area is 133 Å². The lowest BCUT2D eigenvalue weighted by Gasteiger charge is -2.26. The van der Waals surface area contributed by atoms with Gasteiger partial charge in [0.25, 0.3) is 5.91 Å². The van der Waals surface area contributed by atoms with Crippen LogP contribution in [-0.4, -0.2) is 43.0 Å². The summed E-state index contributed by atoms with van der Waals surface area (Å²) in [5, 5.41) is 3.67. The highest BCUT2D eigenvalue weighted by Gasteiger charge is 2.33. The Hall–Kier alpha value is -2.34. The van der Waals surface area contributed by atoms with Crippen LogP contribution in [0.25, 0.3) is 11.0 Å². The molecule has 4 rings (SSSR count). The van der Waals surface area contributed by atoms with Crippen molar-refractivity contribution < 1.29 is 18.7 Å². The van der Waals surface area contributed by atoms with Gasteiger partial charge in [0.1, 0.15) is 11.3 Å². The molecule has 1 aliphatic carbocycles. The number of anilines is 1. The predicted molar refractivity (Wildman–Crippen MR) is 84.3 cm³/mol. The Morgan fingerprint density at radius 3 is 2.61 bits per heavy atom. The molecule has 23 heavy (non-hydrogen) atoms. The zero-order valence-corrected chi connectivity index (χ0v) is 12.7. The van der Waals surface area contributed by atoms with Gasteiger partial charge in [0.05, 0.1) is 13.2 Å². The van der Waals surface area contributed by atoms with Crippen molar-refractivity contribution in [1.82, 2.24) is 4.90 Å². The number of rotatable bonds is 3. The molecule has 120 valence electrons. The first-order valence-corrected chi connectivity index (χ1v) is 7.93. The van der Waals surface area contributed by atoms with Gasteiger partial charge in [-0.3, -0.25) is 9.59 Å². The Bertz CT molecular complexity index is 757. The van der Waals surface area contributed by atoms with Gasteiger partial charge in [0.15, 0.2) is 0 Å². The van der Waals surface area contributed by atoms with Crippen molar-refractivity contribution >= 4 is 28.5 Å². The quantitative estimate of drug-likeness (QED) is 0.943. The number of hydrogen-bond donors (Lipinski definition) is 1. The predicted octanol–water partition coefficient (Wildman–Crippen LogP) is 2.25. The normalized spacial score (nSPS) is 18.2. The van der Waals surface area contributed by atoms with Crippen LogP contribution in [0, 0.1) is 5.92 Å². The monoisotopic (exact) mass is 314 g/mol. The Morgan fingerprint density at radius 2 is 1.87 bits per heavy atom. The summed E-state index contributed by atoms with van der Waals surface area (Å²) < 4.78 is 11.1. The summed E-state index contributed by atoms with van der Waals surface area (Å²) in [6.45, 7) is 2.11. The second-order valence-electron chi connectivity index (χ2n) is 5.97. The minimum Gasteiger partial charge on any atom is -0.449 e. The van der Waals surface area contributed by atoms with Crippen LogP contribution in [0.5, 0.6) is 0 Å². The number of nitrogens with zero attached hydrogens (tertiary/aromatic N) is 1. The van der Waals surface area contributed by atoms with Gasteiger partial charge in [0.2, 0.25) is 11.7 Å². The number of furan rings is 1. The van der Waals surface area contributed by atoms with Crippen LogP contribution in [0.1, 0.15) is 23.4 Å². The zero-order chi connectivity index (χ0) is 15.8. The van der Waals surface area contributed by atoms with E-state index >= 15 is 0 Å². The number of morpholine rings is 1. The fourth-order valence-corrected chi connectivity index (χ4v) is 2.80. The van der Waals surface area contributed by atoms with E-state index in [1.807, 2.05) is 18.2 Å². The highest BCUT2D eigenvalue weighted by atomic mass is 16.5. The molecule has 0 radical (unpaired) electrons. The van der Waals surface area contributed by atoms with E-state index in [0.29, 0.717) is 37.6 Å². The summed E-state index contributed by atoms with van der Waals surface area (Å²) in [6, 6.07) is 7.38. The number of ether oxygens (including phenoxy) is 1. The maximum atomic E-state index is 12.8. The van der Waals surface area contributed by atoms with Crippen LogP contribution >= 0.6 is 0 Å². The van der Waals surface area contributed by atoms with E-state index in [-0.39, 0.29) is 23.5 Å². The first-order chi connectivity index (χ1) is 11.2. The van der Waals surface area contributed by atoms with Crippen molar-refractivity contribution in [3.05, 3.63) is 30.0 Å². The lowest BCUT2D eigenvalue weighted by molar-refractivity contribution is -0.117. The van der Waals surface area contributed by atoms with E-state index in [2.05, 4.69) is 5.32 Å². The largest absolute Gasteiger partial charge is 0.449 e. The summed E-state index contributed by atoms with van der Waals surface area (Å²) in [5.41, 5.74) is 1.10. The fraction of sp³-hybridized carbons (Fsp3) is 0.412. The maximum Gasteiger partial charge on any atom is 0.291 e. The van der Waals surface area contributed by atoms with Crippen molar-refractivity contribution in [2.75, 3.05) is 31.6 Å². The lowest BCUT2D eigenvalue weighted by atomic mass is 10.2. The molecule has 6 nitrogen and oxygen atoms in total. The summed E-state index contributed by atoms with van der Waals surface area (Å²) in [4.78, 5) is 26.7. The number of carbonyl (C=O) groups excluding carboxylic acids is 2. The topological polar surface area (TPSA) is 71.8 Å². The van der Waals surface area contributed by atoms with E-state index < -0.39 is 0 Å². The average molecular weight is 314 g/mol. The third kappa shape index (κ3) is 2.70. The molecule has 1 saturated heterocycles. The molecule has 0 spiro atoms. The average Bonchev–Trinajstić information content (AvgIpc) is 3.38. The minimum absolute atomic E-state index is 0.0346. The Balaban J connectivity index is 1.71. The van der Waals surface area contributed by atoms with Crippen molar-refractivity contribution in [3.8, 4) is 0 Å². The van der Waals surface area contributed by atoms with E-state index in [0.717, 1.165) is 18.2 Å². The number of nitrogens with one attached hydrogen (secondary N) is 1. The number of hydrogen-bond acceptors (Lipinski definition) is 4. The zero-order valence-electron chi connectivity index (χ0n) is 12.7. The number of carbonyl (C=O) groups is 2. The standard InChI is InChI=1S/C17H18N2O4/c20-16(11-5-6-11)18-14-12-3-1-2-4-13(12)23-15(14)17(21)19-7-9-22-10-8-19/h1-4,11H,5-10H2,(H,18,20). The molecule has 6 heteroatoms. The van der Waals surface area contributed by atoms with Gasteiger partial charge in [0, 0.05) is 24.4 Å². The summed E-state index contributed by atoms with van der Waals surface area (Å²) >= 11 is 0. The third-order valence-corrected chi connectivity index (χ3v) is 4.28. The molecule has 1 saturated carbocycles. The molecule has 2 fully saturated rings. The molecule has 2 heterocycles. The van der Waals surface area contributed by atoms with Gasteiger partial charge in [-0.1, -0.05) is 12.1 Å². The van der Waals surface area contributed by atoms with E-state index in [9.17, 15) is 9.59 Å². The first kappa shape index (κ1) is 14.3. The van der Waals surface area contributed by atoms with Gasteiger partial charge < -0.3 is 19.4 Å². The highest BCUT2D eigenvalue weighted by molar-refractivity contribution is 6.11. The Kier molecular flexibility index (Phi) is 3.53. The van der Waals surface area contributed by atoms with Crippen LogP contribution < -0.4 is 5.32 Å². The Morgan fingerprint density at radius 1 is 1.13 bits per heavy atom. The molecule has 2 aromatic rings. The molecule has 2 amide bonds. The number of amides is 2. The van der Waals surface area contributed by atoms with Crippen molar-refractivity contribution in [2.45, 2.75) is 12.8 Å². The fourth-order valence-electron chi connectivity index (χ4n) is 2.80. The molecule has 0 unspecified atom stereocenters. The third-order valence-electron chi connectivity index (χ3n) is 4.28. The van der Waals surface area contributed by atoms with E-state index in [1.54, 1.807) is 11.0 Å². The van der Waals surface area contributed by atoms with E-state index in [4.69, 9.17) is 9.15 Å². The van der Waals surface area contributed by atoms with E-state index in [1.165, 1.54) is 0 Å². The number of fused-ring (bicyclic) bond motifs is 1. The molecule has 1 aliphatic heterocycles. The van der Waals surface area contributed by atoms with Crippen LogP contribution in [-0.2, 0) is 9.53 Å². The van der Waals surface area contributed by atoms with Gasteiger partial charge in [-0.05, 0) is 25.0 Å². The van der Waals surface area contributed by atoms with Gasteiger partial charge >= 0.3 is 0 Å². The molecule has 0 atom stereocenters. The molecule has 1 aromatic heterocycles. The smallest absolute Gasteiger partial charge is 0.291 e. The molecular formula is C17H18N2O4. The highest BCUT2D eigenvalue weighted by Crippen LogP contribution is 2.35. The second kappa shape index (κ2) is 5.70. The minimum atomic E-state index is -0.199. The van der Waals surface area contributed by atoms with Gasteiger partial charge in [-0.15, -0.1) is 0 Å². The summed E-state index contributed by atoms with van der Waals surface area (Å²) in [5.74, 6) is 0.0419. The van der Waals surface area contributed by atoms with Gasteiger partial charge in [-0.25, -0.2) is 0 Å².